The molecule has 2 fully saturated rings. The number of hydrogen-bond acceptors (Lipinski definition) is 5. The van der Waals surface area contributed by atoms with Crippen LogP contribution in [0.25, 0.3) is 0 Å². The lowest BCUT2D eigenvalue weighted by atomic mass is 10.2. The van der Waals surface area contributed by atoms with Crippen molar-refractivity contribution in [1.82, 2.24) is 14.7 Å². The molecular formula is C14H29N3O2. The van der Waals surface area contributed by atoms with E-state index >= 15 is 0 Å². The molecule has 1 unspecified atom stereocenters. The highest BCUT2D eigenvalue weighted by Gasteiger charge is 2.23. The summed E-state index contributed by atoms with van der Waals surface area (Å²) in [7, 11) is 0. The van der Waals surface area contributed by atoms with Crippen LogP contribution in [-0.2, 0) is 4.74 Å². The highest BCUT2D eigenvalue weighted by Crippen LogP contribution is 2.09. The molecule has 1 N–H and O–H groups in total. The number of ether oxygens (including phenoxy) is 1. The van der Waals surface area contributed by atoms with Gasteiger partial charge in [0.25, 0.3) is 0 Å². The van der Waals surface area contributed by atoms with E-state index in [4.69, 9.17) is 9.84 Å². The molecule has 0 radical (unpaired) electrons. The maximum atomic E-state index is 9.01. The zero-order chi connectivity index (χ0) is 13.5. The van der Waals surface area contributed by atoms with Crippen LogP contribution in [0.1, 0.15) is 13.3 Å². The van der Waals surface area contributed by atoms with Gasteiger partial charge in [-0.2, -0.15) is 0 Å². The Hall–Kier alpha value is -0.200. The number of aliphatic hydroxyl groups is 1. The van der Waals surface area contributed by atoms with E-state index in [1.807, 2.05) is 0 Å². The smallest absolute Gasteiger partial charge is 0.0829 e. The van der Waals surface area contributed by atoms with Crippen LogP contribution in [0.15, 0.2) is 0 Å². The van der Waals surface area contributed by atoms with Crippen molar-refractivity contribution < 1.29 is 9.84 Å². The number of β-amino-alcohol motifs (C(OH)–C–C–N with tert-alkyl or cyclic N) is 1. The van der Waals surface area contributed by atoms with Crippen LogP contribution < -0.4 is 0 Å². The molecule has 0 spiro atoms. The molecule has 2 heterocycles. The summed E-state index contributed by atoms with van der Waals surface area (Å²) in [6.07, 6.45) is 1.57. The lowest BCUT2D eigenvalue weighted by Crippen LogP contribution is -2.48. The average molecular weight is 271 g/mol. The van der Waals surface area contributed by atoms with Crippen LogP contribution in [0, 0.1) is 0 Å². The van der Waals surface area contributed by atoms with Gasteiger partial charge in [0, 0.05) is 39.3 Å². The first-order valence-electron chi connectivity index (χ1n) is 7.71. The van der Waals surface area contributed by atoms with Gasteiger partial charge < -0.3 is 9.84 Å². The highest BCUT2D eigenvalue weighted by molar-refractivity contribution is 4.77. The van der Waals surface area contributed by atoms with Crippen LogP contribution in [0.4, 0.5) is 0 Å². The summed E-state index contributed by atoms with van der Waals surface area (Å²) < 4.78 is 5.89. The van der Waals surface area contributed by atoms with Crippen LogP contribution in [0.2, 0.25) is 0 Å². The predicted molar refractivity (Wildman–Crippen MR) is 76.4 cm³/mol. The molecule has 2 aliphatic heterocycles. The molecule has 2 rings (SSSR count). The summed E-state index contributed by atoms with van der Waals surface area (Å²) in [6, 6.07) is 0. The number of likely N-dealkylation sites (N-methyl/N-ethyl adjacent to an activating group) is 1. The molecule has 0 aliphatic carbocycles. The van der Waals surface area contributed by atoms with Gasteiger partial charge in [0.2, 0.25) is 0 Å². The van der Waals surface area contributed by atoms with Gasteiger partial charge in [0.1, 0.15) is 0 Å². The summed E-state index contributed by atoms with van der Waals surface area (Å²) in [5.74, 6) is 0. The number of hydrogen-bond donors (Lipinski definition) is 1. The number of aliphatic hydroxyl groups excluding tert-OH is 1. The summed E-state index contributed by atoms with van der Waals surface area (Å²) in [5.41, 5.74) is 0. The first-order chi connectivity index (χ1) is 9.31. The minimum absolute atomic E-state index is 0.275. The van der Waals surface area contributed by atoms with E-state index in [-0.39, 0.29) is 6.61 Å². The second-order valence-electron chi connectivity index (χ2n) is 5.61. The monoisotopic (exact) mass is 271 g/mol. The summed E-state index contributed by atoms with van der Waals surface area (Å²) in [4.78, 5) is 7.37. The lowest BCUT2D eigenvalue weighted by molar-refractivity contribution is -0.0413. The highest BCUT2D eigenvalue weighted by atomic mass is 16.5. The molecule has 0 amide bonds. The van der Waals surface area contributed by atoms with Gasteiger partial charge in [0.05, 0.1) is 19.3 Å². The SMILES string of the molecule is CCN1CCOC(CN2CCCN(CCO)CC2)C1. The minimum Gasteiger partial charge on any atom is -0.395 e. The fraction of sp³-hybridized carbons (Fsp3) is 1.00. The summed E-state index contributed by atoms with van der Waals surface area (Å²) in [5, 5.41) is 9.01. The predicted octanol–water partition coefficient (Wildman–Crippen LogP) is -0.293. The van der Waals surface area contributed by atoms with Crippen molar-refractivity contribution in [2.75, 3.05) is 72.1 Å². The van der Waals surface area contributed by atoms with Crippen molar-refractivity contribution in [1.29, 1.82) is 0 Å². The molecule has 0 aromatic rings. The molecule has 1 atom stereocenters. The third-order valence-corrected chi connectivity index (χ3v) is 4.23. The van der Waals surface area contributed by atoms with Crippen molar-refractivity contribution >= 4 is 0 Å². The van der Waals surface area contributed by atoms with Gasteiger partial charge in [-0.05, 0) is 26.1 Å². The zero-order valence-corrected chi connectivity index (χ0v) is 12.3. The van der Waals surface area contributed by atoms with E-state index < -0.39 is 0 Å². The van der Waals surface area contributed by atoms with Crippen LogP contribution >= 0.6 is 0 Å². The Morgan fingerprint density at radius 3 is 2.63 bits per heavy atom. The summed E-state index contributed by atoms with van der Waals surface area (Å²) >= 11 is 0. The first-order valence-corrected chi connectivity index (χ1v) is 7.71. The topological polar surface area (TPSA) is 39.2 Å². The second kappa shape index (κ2) is 8.17. The Kier molecular flexibility index (Phi) is 6.53. The molecule has 2 saturated heterocycles. The van der Waals surface area contributed by atoms with Gasteiger partial charge >= 0.3 is 0 Å². The van der Waals surface area contributed by atoms with E-state index in [1.54, 1.807) is 0 Å². The molecule has 0 bridgehead atoms. The normalized spacial score (nSPS) is 28.4. The molecule has 2 aliphatic rings. The van der Waals surface area contributed by atoms with Gasteiger partial charge in [-0.1, -0.05) is 6.92 Å². The van der Waals surface area contributed by atoms with E-state index in [9.17, 15) is 0 Å². The van der Waals surface area contributed by atoms with E-state index in [1.165, 1.54) is 6.42 Å². The Balaban J connectivity index is 1.73. The third kappa shape index (κ3) is 5.00. The Labute approximate surface area is 117 Å². The first kappa shape index (κ1) is 15.2. The van der Waals surface area contributed by atoms with Crippen molar-refractivity contribution in [3.63, 3.8) is 0 Å². The van der Waals surface area contributed by atoms with Crippen LogP contribution in [-0.4, -0.2) is 98.0 Å². The van der Waals surface area contributed by atoms with Crippen LogP contribution in [0.3, 0.4) is 0 Å². The van der Waals surface area contributed by atoms with Gasteiger partial charge in [-0.3, -0.25) is 14.7 Å². The fourth-order valence-electron chi connectivity index (χ4n) is 3.04. The van der Waals surface area contributed by atoms with E-state index in [0.717, 1.165) is 65.5 Å². The minimum atomic E-state index is 0.275. The molecule has 0 aromatic carbocycles. The molecule has 19 heavy (non-hydrogen) atoms. The number of rotatable bonds is 5. The van der Waals surface area contributed by atoms with Gasteiger partial charge in [-0.15, -0.1) is 0 Å². The lowest BCUT2D eigenvalue weighted by Gasteiger charge is -2.35. The molecule has 112 valence electrons. The number of morpholine rings is 1. The molecule has 0 aromatic heterocycles. The molecule has 5 heteroatoms. The number of nitrogens with zero attached hydrogens (tertiary/aromatic N) is 3. The van der Waals surface area contributed by atoms with Crippen molar-refractivity contribution in [2.45, 2.75) is 19.4 Å². The largest absolute Gasteiger partial charge is 0.395 e. The zero-order valence-electron chi connectivity index (χ0n) is 12.3. The fourth-order valence-corrected chi connectivity index (χ4v) is 3.04. The van der Waals surface area contributed by atoms with Crippen molar-refractivity contribution in [3.8, 4) is 0 Å². The molecular weight excluding hydrogens is 242 g/mol. The Bertz CT molecular complexity index is 253. The Morgan fingerprint density at radius 1 is 1.05 bits per heavy atom. The van der Waals surface area contributed by atoms with Gasteiger partial charge in [-0.25, -0.2) is 0 Å². The second-order valence-corrected chi connectivity index (χ2v) is 5.61. The van der Waals surface area contributed by atoms with Crippen molar-refractivity contribution in [2.24, 2.45) is 0 Å². The van der Waals surface area contributed by atoms with Crippen molar-refractivity contribution in [3.05, 3.63) is 0 Å². The van der Waals surface area contributed by atoms with E-state index in [2.05, 4.69) is 21.6 Å². The van der Waals surface area contributed by atoms with E-state index in [0.29, 0.717) is 6.10 Å². The van der Waals surface area contributed by atoms with Crippen LogP contribution in [0.5, 0.6) is 0 Å². The third-order valence-electron chi connectivity index (χ3n) is 4.23. The summed E-state index contributed by atoms with van der Waals surface area (Å²) in [6.45, 7) is 13.0. The molecule has 5 nitrogen and oxygen atoms in total. The maximum Gasteiger partial charge on any atom is 0.0829 e. The Morgan fingerprint density at radius 2 is 1.84 bits per heavy atom. The standard InChI is InChI=1S/C14H29N3O2/c1-2-15-9-11-19-14(12-15)13-17-5-3-4-16(6-7-17)8-10-18/h14,18H,2-13H2,1H3. The molecule has 0 saturated carbocycles. The maximum absolute atomic E-state index is 9.01. The quantitative estimate of drug-likeness (QED) is 0.744. The van der Waals surface area contributed by atoms with Gasteiger partial charge in [0.15, 0.2) is 0 Å². The average Bonchev–Trinajstić information content (AvgIpc) is 2.65.